The van der Waals surface area contributed by atoms with Gasteiger partial charge in [-0.15, -0.1) is 0 Å². The summed E-state index contributed by atoms with van der Waals surface area (Å²) in [5.41, 5.74) is 11.7. The van der Waals surface area contributed by atoms with Gasteiger partial charge in [-0.3, -0.25) is 0 Å². The second-order valence-corrected chi connectivity index (χ2v) is 14.1. The fraction of sp³-hybridized carbons (Fsp3) is 0.0625. The van der Waals surface area contributed by atoms with Crippen molar-refractivity contribution in [1.82, 2.24) is 15.0 Å². The highest BCUT2D eigenvalue weighted by molar-refractivity contribution is 5.88. The van der Waals surface area contributed by atoms with E-state index in [0.29, 0.717) is 29.0 Å². The SMILES string of the molecule is CC1(C)c2ccccc2-c2c1ccc1c2Oc2cc(-c3cccc(-c4nc(-c5ccccc5)nc(-c5cccc(-c6ccccc6)c5)n4)c3)ccc2O1. The van der Waals surface area contributed by atoms with Crippen LogP contribution < -0.4 is 9.47 Å². The summed E-state index contributed by atoms with van der Waals surface area (Å²) in [5, 5.41) is 0. The van der Waals surface area contributed by atoms with E-state index in [9.17, 15) is 0 Å². The quantitative estimate of drug-likeness (QED) is 0.181. The summed E-state index contributed by atoms with van der Waals surface area (Å²) in [6, 6.07) is 56.0. The molecule has 0 saturated carbocycles. The zero-order valence-corrected chi connectivity index (χ0v) is 29.2. The molecule has 2 aliphatic rings. The molecule has 0 spiro atoms. The molecule has 0 amide bonds. The van der Waals surface area contributed by atoms with Crippen molar-refractivity contribution >= 4 is 0 Å². The molecule has 0 fully saturated rings. The topological polar surface area (TPSA) is 57.1 Å². The number of hydrogen-bond donors (Lipinski definition) is 0. The maximum atomic E-state index is 6.76. The molecule has 5 heteroatoms. The normalized spacial score (nSPS) is 13.2. The molecule has 2 heterocycles. The van der Waals surface area contributed by atoms with E-state index >= 15 is 0 Å². The van der Waals surface area contributed by atoms with E-state index in [2.05, 4.69) is 123 Å². The Hall–Kier alpha value is -6.85. The summed E-state index contributed by atoms with van der Waals surface area (Å²) < 4.78 is 13.2. The molecular formula is C48H33N3O2. The summed E-state index contributed by atoms with van der Waals surface area (Å²) in [5.74, 6) is 4.71. The zero-order chi connectivity index (χ0) is 35.5. The second kappa shape index (κ2) is 12.1. The van der Waals surface area contributed by atoms with E-state index in [1.54, 1.807) is 0 Å². The maximum Gasteiger partial charge on any atom is 0.178 e. The number of hydrogen-bond acceptors (Lipinski definition) is 5. The lowest BCUT2D eigenvalue weighted by Crippen LogP contribution is -2.15. The molecule has 0 N–H and O–H groups in total. The molecule has 1 aliphatic heterocycles. The first-order chi connectivity index (χ1) is 26.0. The van der Waals surface area contributed by atoms with Gasteiger partial charge in [-0.1, -0.05) is 147 Å². The molecule has 10 rings (SSSR count). The van der Waals surface area contributed by atoms with Crippen molar-refractivity contribution in [1.29, 1.82) is 0 Å². The lowest BCUT2D eigenvalue weighted by atomic mass is 9.82. The predicted molar refractivity (Wildman–Crippen MR) is 211 cm³/mol. The van der Waals surface area contributed by atoms with Crippen LogP contribution in [0.5, 0.6) is 23.0 Å². The monoisotopic (exact) mass is 683 g/mol. The smallest absolute Gasteiger partial charge is 0.178 e. The Morgan fingerprint density at radius 1 is 0.377 bits per heavy atom. The molecule has 0 unspecified atom stereocenters. The first-order valence-corrected chi connectivity index (χ1v) is 17.8. The van der Waals surface area contributed by atoms with Gasteiger partial charge in [0.2, 0.25) is 0 Å². The van der Waals surface area contributed by atoms with Crippen molar-refractivity contribution in [3.63, 3.8) is 0 Å². The summed E-state index contributed by atoms with van der Waals surface area (Å²) in [4.78, 5) is 15.0. The summed E-state index contributed by atoms with van der Waals surface area (Å²) in [6.07, 6.45) is 0. The van der Waals surface area contributed by atoms with Crippen LogP contribution in [0.2, 0.25) is 0 Å². The lowest BCUT2D eigenvalue weighted by Gasteiger charge is -2.25. The Bertz CT molecular complexity index is 2700. The molecule has 8 aromatic rings. The zero-order valence-electron chi connectivity index (χ0n) is 29.2. The molecule has 53 heavy (non-hydrogen) atoms. The van der Waals surface area contributed by atoms with Gasteiger partial charge < -0.3 is 9.47 Å². The fourth-order valence-corrected chi connectivity index (χ4v) is 7.66. The van der Waals surface area contributed by atoms with Crippen LogP contribution in [-0.2, 0) is 5.41 Å². The summed E-state index contributed by atoms with van der Waals surface area (Å²) in [7, 11) is 0. The lowest BCUT2D eigenvalue weighted by molar-refractivity contribution is 0.360. The van der Waals surface area contributed by atoms with Crippen LogP contribution in [0, 0.1) is 0 Å². The molecular weight excluding hydrogens is 651 g/mol. The van der Waals surface area contributed by atoms with Crippen molar-refractivity contribution < 1.29 is 9.47 Å². The molecule has 252 valence electrons. The third-order valence-electron chi connectivity index (χ3n) is 10.4. The number of nitrogens with zero attached hydrogens (tertiary/aromatic N) is 3. The van der Waals surface area contributed by atoms with Crippen LogP contribution in [0.25, 0.3) is 67.5 Å². The Morgan fingerprint density at radius 2 is 0.906 bits per heavy atom. The molecule has 0 atom stereocenters. The maximum absolute atomic E-state index is 6.76. The predicted octanol–water partition coefficient (Wildman–Crippen LogP) is 12.4. The third-order valence-corrected chi connectivity index (χ3v) is 10.4. The standard InChI is InChI=1S/C48H33N3O2/c1-48(2)38-22-10-9-21-37(38)43-39(48)24-26-41-44(43)53-42-29-34(23-25-40(42)52-41)33-18-12-20-36(28-33)47-50-45(31-15-7-4-8-16-31)49-46(51-47)35-19-11-17-32(27-35)30-13-5-3-6-14-30/h3-29H,1-2H3. The van der Waals surface area contributed by atoms with E-state index in [0.717, 1.165) is 56.0 Å². The minimum absolute atomic E-state index is 0.132. The molecule has 5 nitrogen and oxygen atoms in total. The average molecular weight is 684 g/mol. The van der Waals surface area contributed by atoms with E-state index in [1.807, 2.05) is 54.6 Å². The fourth-order valence-electron chi connectivity index (χ4n) is 7.66. The van der Waals surface area contributed by atoms with Gasteiger partial charge in [-0.25, -0.2) is 15.0 Å². The number of fused-ring (bicyclic) bond motifs is 6. The Labute approximate surface area is 308 Å². The third kappa shape index (κ3) is 5.28. The van der Waals surface area contributed by atoms with Gasteiger partial charge in [0, 0.05) is 27.7 Å². The van der Waals surface area contributed by atoms with Crippen LogP contribution in [0.4, 0.5) is 0 Å². The van der Waals surface area contributed by atoms with Crippen molar-refractivity contribution in [2.75, 3.05) is 0 Å². The van der Waals surface area contributed by atoms with E-state index < -0.39 is 0 Å². The molecule has 0 saturated heterocycles. The van der Waals surface area contributed by atoms with Crippen molar-refractivity contribution in [3.05, 3.63) is 175 Å². The van der Waals surface area contributed by atoms with Gasteiger partial charge in [-0.2, -0.15) is 0 Å². The molecule has 7 aromatic carbocycles. The Kier molecular flexibility index (Phi) is 7.08. The molecule has 0 bridgehead atoms. The van der Waals surface area contributed by atoms with Gasteiger partial charge in [0.25, 0.3) is 0 Å². The van der Waals surface area contributed by atoms with E-state index in [-0.39, 0.29) is 5.41 Å². The Morgan fingerprint density at radius 3 is 1.60 bits per heavy atom. The minimum atomic E-state index is -0.132. The van der Waals surface area contributed by atoms with Crippen LogP contribution >= 0.6 is 0 Å². The van der Waals surface area contributed by atoms with Crippen molar-refractivity contribution in [2.24, 2.45) is 0 Å². The number of aromatic nitrogens is 3. The first kappa shape index (κ1) is 30.9. The highest BCUT2D eigenvalue weighted by Crippen LogP contribution is 2.58. The largest absolute Gasteiger partial charge is 0.449 e. The summed E-state index contributed by atoms with van der Waals surface area (Å²) >= 11 is 0. The first-order valence-electron chi connectivity index (χ1n) is 17.8. The average Bonchev–Trinajstić information content (AvgIpc) is 3.46. The summed E-state index contributed by atoms with van der Waals surface area (Å²) in [6.45, 7) is 4.54. The molecule has 0 radical (unpaired) electrons. The van der Waals surface area contributed by atoms with Crippen molar-refractivity contribution in [2.45, 2.75) is 19.3 Å². The minimum Gasteiger partial charge on any atom is -0.449 e. The van der Waals surface area contributed by atoms with Crippen LogP contribution in [0.3, 0.4) is 0 Å². The van der Waals surface area contributed by atoms with Crippen LogP contribution in [0.1, 0.15) is 25.0 Å². The molecule has 1 aliphatic carbocycles. The van der Waals surface area contributed by atoms with Crippen LogP contribution in [-0.4, -0.2) is 15.0 Å². The number of benzene rings is 7. The van der Waals surface area contributed by atoms with Gasteiger partial charge in [-0.05, 0) is 69.3 Å². The number of rotatable bonds is 5. The second-order valence-electron chi connectivity index (χ2n) is 14.1. The van der Waals surface area contributed by atoms with Crippen molar-refractivity contribution in [3.8, 4) is 90.5 Å². The molecule has 1 aromatic heterocycles. The van der Waals surface area contributed by atoms with Gasteiger partial charge in [0.15, 0.2) is 40.5 Å². The number of ether oxygens (including phenoxy) is 2. The van der Waals surface area contributed by atoms with Crippen LogP contribution in [0.15, 0.2) is 164 Å². The van der Waals surface area contributed by atoms with E-state index in [4.69, 9.17) is 24.4 Å². The highest BCUT2D eigenvalue weighted by Gasteiger charge is 2.39. The van der Waals surface area contributed by atoms with Gasteiger partial charge >= 0.3 is 0 Å². The van der Waals surface area contributed by atoms with E-state index in [1.165, 1.54) is 16.7 Å². The van der Waals surface area contributed by atoms with Gasteiger partial charge in [0.1, 0.15) is 0 Å². The highest BCUT2D eigenvalue weighted by atomic mass is 16.6. The van der Waals surface area contributed by atoms with Gasteiger partial charge in [0.05, 0.1) is 0 Å². The Balaban J connectivity index is 1.04.